The highest BCUT2D eigenvalue weighted by Crippen LogP contribution is 2.11. The van der Waals surface area contributed by atoms with Crippen LogP contribution in [0.25, 0.3) is 0 Å². The van der Waals surface area contributed by atoms with Crippen molar-refractivity contribution in [1.29, 1.82) is 0 Å². The lowest BCUT2D eigenvalue weighted by Gasteiger charge is -2.15. The van der Waals surface area contributed by atoms with E-state index in [-0.39, 0.29) is 17.5 Å². The molecule has 1 aromatic rings. The zero-order valence-electron chi connectivity index (χ0n) is 12.8. The van der Waals surface area contributed by atoms with E-state index in [1.54, 1.807) is 0 Å². The second-order valence-electron chi connectivity index (χ2n) is 5.17. The second-order valence-corrected chi connectivity index (χ2v) is 7.40. The molecule has 1 unspecified atom stereocenters. The van der Waals surface area contributed by atoms with Crippen LogP contribution in [0.3, 0.4) is 0 Å². The fraction of sp³-hybridized carbons (Fsp3) is 0.533. The van der Waals surface area contributed by atoms with Crippen molar-refractivity contribution in [1.82, 2.24) is 10.6 Å². The number of sulfone groups is 1. The van der Waals surface area contributed by atoms with Crippen LogP contribution in [0.5, 0.6) is 5.75 Å². The number of aliphatic imine (C=N–C) groups is 1. The first-order chi connectivity index (χ1) is 10.6. The molecule has 0 bridgehead atoms. The Morgan fingerprint density at radius 1 is 1.36 bits per heavy atom. The molecule has 0 aromatic heterocycles. The van der Waals surface area contributed by atoms with Gasteiger partial charge in [-0.15, -0.1) is 0 Å². The first-order valence-electron chi connectivity index (χ1n) is 7.52. The minimum absolute atomic E-state index is 0.0576. The van der Waals surface area contributed by atoms with E-state index in [0.717, 1.165) is 12.3 Å². The third kappa shape index (κ3) is 5.55. The third-order valence-electron chi connectivity index (χ3n) is 3.29. The van der Waals surface area contributed by atoms with Gasteiger partial charge >= 0.3 is 0 Å². The topological polar surface area (TPSA) is 79.8 Å². The number of benzene rings is 1. The maximum atomic E-state index is 11.5. The zero-order chi connectivity index (χ0) is 15.8. The monoisotopic (exact) mass is 325 g/mol. The minimum Gasteiger partial charge on any atom is -0.492 e. The van der Waals surface area contributed by atoms with Crippen LogP contribution in [-0.4, -0.2) is 51.6 Å². The predicted molar refractivity (Wildman–Crippen MR) is 88.1 cm³/mol. The molecule has 1 heterocycles. The van der Waals surface area contributed by atoms with E-state index >= 15 is 0 Å². The molecular formula is C15H23N3O3S. The van der Waals surface area contributed by atoms with Crippen LogP contribution < -0.4 is 15.4 Å². The number of hydrogen-bond acceptors (Lipinski definition) is 4. The summed E-state index contributed by atoms with van der Waals surface area (Å²) in [7, 11) is -2.89. The fourth-order valence-electron chi connectivity index (χ4n) is 2.26. The van der Waals surface area contributed by atoms with Crippen molar-refractivity contribution in [2.45, 2.75) is 19.4 Å². The number of guanidine groups is 1. The first-order valence-corrected chi connectivity index (χ1v) is 9.34. The second kappa shape index (κ2) is 8.03. The molecular weight excluding hydrogens is 302 g/mol. The van der Waals surface area contributed by atoms with Crippen molar-refractivity contribution in [2.24, 2.45) is 4.99 Å². The molecule has 0 saturated carbocycles. The maximum absolute atomic E-state index is 11.5. The summed E-state index contributed by atoms with van der Waals surface area (Å²) >= 11 is 0. The third-order valence-corrected chi connectivity index (χ3v) is 5.06. The van der Waals surface area contributed by atoms with Gasteiger partial charge in [-0.3, -0.25) is 0 Å². The molecule has 122 valence electrons. The SMILES string of the molecule is CCNC(=NCCOc1ccccc1)NC1CCS(=O)(=O)C1. The largest absolute Gasteiger partial charge is 0.492 e. The number of rotatable bonds is 6. The average molecular weight is 325 g/mol. The minimum atomic E-state index is -2.89. The van der Waals surface area contributed by atoms with Gasteiger partial charge in [0.1, 0.15) is 12.4 Å². The molecule has 0 aliphatic carbocycles. The summed E-state index contributed by atoms with van der Waals surface area (Å²) in [4.78, 5) is 4.41. The predicted octanol–water partition coefficient (Wildman–Crippen LogP) is 0.808. The van der Waals surface area contributed by atoms with Crippen molar-refractivity contribution in [3.8, 4) is 5.75 Å². The van der Waals surface area contributed by atoms with Crippen LogP contribution >= 0.6 is 0 Å². The number of hydrogen-bond donors (Lipinski definition) is 2. The average Bonchev–Trinajstić information content (AvgIpc) is 2.84. The molecule has 22 heavy (non-hydrogen) atoms. The summed E-state index contributed by atoms with van der Waals surface area (Å²) in [6, 6.07) is 9.52. The van der Waals surface area contributed by atoms with Gasteiger partial charge in [-0.2, -0.15) is 0 Å². The summed E-state index contributed by atoms with van der Waals surface area (Å²) in [6.07, 6.45) is 0.632. The molecule has 0 radical (unpaired) electrons. The van der Waals surface area contributed by atoms with Gasteiger partial charge in [-0.05, 0) is 25.5 Å². The van der Waals surface area contributed by atoms with E-state index in [4.69, 9.17) is 4.74 Å². The number of ether oxygens (including phenoxy) is 1. The fourth-order valence-corrected chi connectivity index (χ4v) is 3.93. The van der Waals surface area contributed by atoms with Crippen molar-refractivity contribution in [3.05, 3.63) is 30.3 Å². The molecule has 6 nitrogen and oxygen atoms in total. The van der Waals surface area contributed by atoms with Gasteiger partial charge < -0.3 is 15.4 Å². The molecule has 1 saturated heterocycles. The lowest BCUT2D eigenvalue weighted by molar-refractivity contribution is 0.328. The van der Waals surface area contributed by atoms with Crippen LogP contribution in [0, 0.1) is 0 Å². The van der Waals surface area contributed by atoms with Gasteiger partial charge in [0, 0.05) is 12.6 Å². The smallest absolute Gasteiger partial charge is 0.191 e. The number of para-hydroxylation sites is 1. The van der Waals surface area contributed by atoms with Crippen molar-refractivity contribution in [2.75, 3.05) is 31.2 Å². The molecule has 1 aliphatic rings. The van der Waals surface area contributed by atoms with Crippen LogP contribution in [-0.2, 0) is 9.84 Å². The molecule has 2 rings (SSSR count). The molecule has 1 atom stereocenters. The van der Waals surface area contributed by atoms with E-state index in [1.807, 2.05) is 37.3 Å². The van der Waals surface area contributed by atoms with E-state index in [2.05, 4.69) is 15.6 Å². The molecule has 7 heteroatoms. The molecule has 1 aromatic carbocycles. The standard InChI is InChI=1S/C15H23N3O3S/c1-2-16-15(18-13-8-11-22(19,20)12-13)17-9-10-21-14-6-4-3-5-7-14/h3-7,13H,2,8-12H2,1H3,(H2,16,17,18). The Labute approximate surface area is 131 Å². The Morgan fingerprint density at radius 3 is 2.77 bits per heavy atom. The van der Waals surface area contributed by atoms with Gasteiger partial charge in [-0.1, -0.05) is 18.2 Å². The highest BCUT2D eigenvalue weighted by atomic mass is 32.2. The lowest BCUT2D eigenvalue weighted by Crippen LogP contribution is -2.44. The highest BCUT2D eigenvalue weighted by Gasteiger charge is 2.28. The molecule has 0 spiro atoms. The van der Waals surface area contributed by atoms with Gasteiger partial charge in [0.25, 0.3) is 0 Å². The van der Waals surface area contributed by atoms with Gasteiger partial charge in [0.05, 0.1) is 18.1 Å². The maximum Gasteiger partial charge on any atom is 0.191 e. The highest BCUT2D eigenvalue weighted by molar-refractivity contribution is 7.91. The van der Waals surface area contributed by atoms with E-state index in [1.165, 1.54) is 0 Å². The normalized spacial score (nSPS) is 20.6. The van der Waals surface area contributed by atoms with Gasteiger partial charge in [0.2, 0.25) is 0 Å². The van der Waals surface area contributed by atoms with Gasteiger partial charge in [-0.25, -0.2) is 13.4 Å². The molecule has 2 N–H and O–H groups in total. The van der Waals surface area contributed by atoms with E-state index in [9.17, 15) is 8.42 Å². The van der Waals surface area contributed by atoms with Crippen molar-refractivity contribution < 1.29 is 13.2 Å². The van der Waals surface area contributed by atoms with Crippen LogP contribution in [0.15, 0.2) is 35.3 Å². The quantitative estimate of drug-likeness (QED) is 0.460. The summed E-state index contributed by atoms with van der Waals surface area (Å²) in [5.41, 5.74) is 0. The Kier molecular flexibility index (Phi) is 6.06. The Hall–Kier alpha value is -1.76. The van der Waals surface area contributed by atoms with Crippen LogP contribution in [0.1, 0.15) is 13.3 Å². The molecule has 1 aliphatic heterocycles. The van der Waals surface area contributed by atoms with E-state index < -0.39 is 9.84 Å². The Morgan fingerprint density at radius 2 is 2.14 bits per heavy atom. The van der Waals surface area contributed by atoms with E-state index in [0.29, 0.717) is 25.5 Å². The Bertz CT molecular complexity index is 587. The van der Waals surface area contributed by atoms with Crippen molar-refractivity contribution in [3.63, 3.8) is 0 Å². The Balaban J connectivity index is 1.80. The molecule has 1 fully saturated rings. The van der Waals surface area contributed by atoms with Crippen LogP contribution in [0.4, 0.5) is 0 Å². The lowest BCUT2D eigenvalue weighted by atomic mass is 10.3. The zero-order valence-corrected chi connectivity index (χ0v) is 13.6. The summed E-state index contributed by atoms with van der Waals surface area (Å²) < 4.78 is 28.5. The first kappa shape index (κ1) is 16.6. The van der Waals surface area contributed by atoms with Crippen molar-refractivity contribution >= 4 is 15.8 Å². The number of nitrogens with one attached hydrogen (secondary N) is 2. The number of nitrogens with zero attached hydrogens (tertiary/aromatic N) is 1. The summed E-state index contributed by atoms with van der Waals surface area (Å²) in [5, 5.41) is 6.30. The summed E-state index contributed by atoms with van der Waals surface area (Å²) in [6.45, 7) is 3.68. The van der Waals surface area contributed by atoms with Gasteiger partial charge in [0.15, 0.2) is 15.8 Å². The molecule has 0 amide bonds. The van der Waals surface area contributed by atoms with Crippen LogP contribution in [0.2, 0.25) is 0 Å². The summed E-state index contributed by atoms with van der Waals surface area (Å²) in [5.74, 6) is 1.89.